The molecule has 0 unspecified atom stereocenters. The minimum Gasteiger partial charge on any atom is -0.465 e. The molecule has 0 heterocycles. The van der Waals surface area contributed by atoms with Gasteiger partial charge in [-0.1, -0.05) is 20.8 Å². The van der Waals surface area contributed by atoms with Crippen LogP contribution < -0.4 is 5.32 Å². The molecule has 0 aliphatic heterocycles. The summed E-state index contributed by atoms with van der Waals surface area (Å²) in [4.78, 5) is 21.2. The van der Waals surface area contributed by atoms with Gasteiger partial charge in [0.15, 0.2) is 0 Å². The van der Waals surface area contributed by atoms with Crippen LogP contribution in [-0.4, -0.2) is 30.3 Å². The van der Waals surface area contributed by atoms with Crippen LogP contribution in [0.5, 0.6) is 0 Å². The topological polar surface area (TPSA) is 75.6 Å². The van der Waals surface area contributed by atoms with Crippen LogP contribution in [0.2, 0.25) is 0 Å². The monoisotopic (exact) mass is 217 g/mol. The SMILES string of the molecule is CC(C)(C)CCC(=O)OCCNC(=O)O. The molecule has 0 aromatic heterocycles. The predicted octanol–water partition coefficient (Wildman–Crippen LogP) is 1.62. The molecule has 0 atom stereocenters. The van der Waals surface area contributed by atoms with Crippen molar-refractivity contribution in [3.63, 3.8) is 0 Å². The van der Waals surface area contributed by atoms with Crippen LogP contribution in [0.3, 0.4) is 0 Å². The van der Waals surface area contributed by atoms with Crippen LogP contribution in [0, 0.1) is 5.41 Å². The summed E-state index contributed by atoms with van der Waals surface area (Å²) >= 11 is 0. The molecule has 15 heavy (non-hydrogen) atoms. The van der Waals surface area contributed by atoms with Gasteiger partial charge in [-0.3, -0.25) is 4.79 Å². The zero-order valence-electron chi connectivity index (χ0n) is 9.50. The van der Waals surface area contributed by atoms with Gasteiger partial charge in [-0.05, 0) is 11.8 Å². The minimum absolute atomic E-state index is 0.0925. The Kier molecular flexibility index (Phi) is 5.74. The first kappa shape index (κ1) is 13.7. The number of carboxylic acid groups (broad SMARTS) is 1. The maximum Gasteiger partial charge on any atom is 0.404 e. The average Bonchev–Trinajstić information content (AvgIpc) is 2.07. The summed E-state index contributed by atoms with van der Waals surface area (Å²) in [5.74, 6) is -0.280. The average molecular weight is 217 g/mol. The highest BCUT2D eigenvalue weighted by Gasteiger charge is 2.13. The van der Waals surface area contributed by atoms with Crippen LogP contribution in [-0.2, 0) is 9.53 Å². The molecule has 0 aliphatic rings. The molecule has 0 saturated carbocycles. The van der Waals surface area contributed by atoms with Gasteiger partial charge in [-0.2, -0.15) is 0 Å². The van der Waals surface area contributed by atoms with E-state index in [1.165, 1.54) is 0 Å². The summed E-state index contributed by atoms with van der Waals surface area (Å²) < 4.78 is 4.82. The van der Waals surface area contributed by atoms with Gasteiger partial charge in [-0.25, -0.2) is 4.79 Å². The van der Waals surface area contributed by atoms with Crippen molar-refractivity contribution in [2.24, 2.45) is 5.41 Å². The first-order chi connectivity index (χ1) is 6.81. The van der Waals surface area contributed by atoms with E-state index < -0.39 is 6.09 Å². The van der Waals surface area contributed by atoms with Crippen LogP contribution in [0.15, 0.2) is 0 Å². The number of rotatable bonds is 5. The normalized spacial score (nSPS) is 10.9. The van der Waals surface area contributed by atoms with Crippen LogP contribution in [0.25, 0.3) is 0 Å². The van der Waals surface area contributed by atoms with Gasteiger partial charge < -0.3 is 15.2 Å². The van der Waals surface area contributed by atoms with Crippen molar-refractivity contribution in [3.8, 4) is 0 Å². The van der Waals surface area contributed by atoms with Crippen molar-refractivity contribution >= 4 is 12.1 Å². The number of esters is 1. The van der Waals surface area contributed by atoms with Crippen LogP contribution in [0.4, 0.5) is 4.79 Å². The molecular formula is C10H19NO4. The Labute approximate surface area is 89.8 Å². The Morgan fingerprint density at radius 1 is 1.33 bits per heavy atom. The van der Waals surface area contributed by atoms with E-state index in [2.05, 4.69) is 5.32 Å². The fourth-order valence-corrected chi connectivity index (χ4v) is 0.872. The number of carbonyl (C=O) groups is 2. The number of carbonyl (C=O) groups excluding carboxylic acids is 1. The van der Waals surface area contributed by atoms with Crippen molar-refractivity contribution < 1.29 is 19.4 Å². The van der Waals surface area contributed by atoms with E-state index in [-0.39, 0.29) is 24.5 Å². The number of ether oxygens (including phenoxy) is 1. The van der Waals surface area contributed by atoms with Gasteiger partial charge in [0, 0.05) is 6.42 Å². The second kappa shape index (κ2) is 6.27. The van der Waals surface area contributed by atoms with Gasteiger partial charge in [0.05, 0.1) is 6.54 Å². The van der Waals surface area contributed by atoms with Gasteiger partial charge in [-0.15, -0.1) is 0 Å². The highest BCUT2D eigenvalue weighted by molar-refractivity contribution is 5.69. The maximum absolute atomic E-state index is 11.1. The molecule has 0 aromatic rings. The third kappa shape index (κ3) is 10.7. The molecule has 5 nitrogen and oxygen atoms in total. The molecule has 2 N–H and O–H groups in total. The van der Waals surface area contributed by atoms with Crippen LogP contribution >= 0.6 is 0 Å². The fraction of sp³-hybridized carbons (Fsp3) is 0.800. The summed E-state index contributed by atoms with van der Waals surface area (Å²) in [7, 11) is 0. The number of nitrogens with one attached hydrogen (secondary N) is 1. The second-order valence-corrected chi connectivity index (χ2v) is 4.51. The van der Waals surface area contributed by atoms with Crippen molar-refractivity contribution in [2.45, 2.75) is 33.6 Å². The van der Waals surface area contributed by atoms with E-state index in [1.54, 1.807) is 0 Å². The zero-order valence-corrected chi connectivity index (χ0v) is 9.50. The Bertz CT molecular complexity index is 220. The molecule has 0 rings (SSSR count). The molecule has 0 saturated heterocycles. The molecular weight excluding hydrogens is 198 g/mol. The molecule has 1 amide bonds. The van der Waals surface area contributed by atoms with Crippen LogP contribution in [0.1, 0.15) is 33.6 Å². The van der Waals surface area contributed by atoms with Gasteiger partial charge in [0.2, 0.25) is 0 Å². The number of hydrogen-bond acceptors (Lipinski definition) is 3. The van der Waals surface area contributed by atoms with Crippen molar-refractivity contribution in [1.82, 2.24) is 5.32 Å². The minimum atomic E-state index is -1.11. The summed E-state index contributed by atoms with van der Waals surface area (Å²) in [5.41, 5.74) is 0.109. The highest BCUT2D eigenvalue weighted by atomic mass is 16.5. The molecule has 0 bridgehead atoms. The van der Waals surface area contributed by atoms with Crippen molar-refractivity contribution in [1.29, 1.82) is 0 Å². The molecule has 5 heteroatoms. The summed E-state index contributed by atoms with van der Waals surface area (Å²) in [6, 6.07) is 0. The van der Waals surface area contributed by atoms with E-state index in [0.717, 1.165) is 6.42 Å². The molecule has 0 aromatic carbocycles. The van der Waals surface area contributed by atoms with Gasteiger partial charge in [0.1, 0.15) is 6.61 Å². The smallest absolute Gasteiger partial charge is 0.404 e. The maximum atomic E-state index is 11.1. The standard InChI is InChI=1S/C10H19NO4/c1-10(2,3)5-4-8(12)15-7-6-11-9(13)14/h11H,4-7H2,1-3H3,(H,13,14). The first-order valence-electron chi connectivity index (χ1n) is 4.94. The third-order valence-electron chi connectivity index (χ3n) is 1.72. The lowest BCUT2D eigenvalue weighted by atomic mass is 9.91. The fourth-order valence-electron chi connectivity index (χ4n) is 0.872. The van der Waals surface area contributed by atoms with E-state index >= 15 is 0 Å². The van der Waals surface area contributed by atoms with E-state index in [0.29, 0.717) is 6.42 Å². The van der Waals surface area contributed by atoms with E-state index in [1.807, 2.05) is 20.8 Å². The molecule has 0 radical (unpaired) electrons. The Morgan fingerprint density at radius 3 is 2.40 bits per heavy atom. The Hall–Kier alpha value is -1.26. The summed E-state index contributed by atoms with van der Waals surface area (Å²) in [5, 5.41) is 10.3. The Morgan fingerprint density at radius 2 is 1.93 bits per heavy atom. The third-order valence-corrected chi connectivity index (χ3v) is 1.72. The lowest BCUT2D eigenvalue weighted by molar-refractivity contribution is -0.144. The van der Waals surface area contributed by atoms with Gasteiger partial charge in [0.25, 0.3) is 0 Å². The predicted molar refractivity (Wildman–Crippen MR) is 55.7 cm³/mol. The van der Waals surface area contributed by atoms with Crippen molar-refractivity contribution in [2.75, 3.05) is 13.2 Å². The Balaban J connectivity index is 3.46. The quantitative estimate of drug-likeness (QED) is 0.542. The number of hydrogen-bond donors (Lipinski definition) is 2. The van der Waals surface area contributed by atoms with E-state index in [9.17, 15) is 9.59 Å². The second-order valence-electron chi connectivity index (χ2n) is 4.51. The first-order valence-corrected chi connectivity index (χ1v) is 4.94. The molecule has 88 valence electrons. The van der Waals surface area contributed by atoms with E-state index in [4.69, 9.17) is 9.84 Å². The summed E-state index contributed by atoms with van der Waals surface area (Å²) in [6.45, 7) is 6.37. The summed E-state index contributed by atoms with van der Waals surface area (Å²) in [6.07, 6.45) is 0.0233. The van der Waals surface area contributed by atoms with Crippen molar-refractivity contribution in [3.05, 3.63) is 0 Å². The lowest BCUT2D eigenvalue weighted by Gasteiger charge is -2.16. The zero-order chi connectivity index (χ0) is 11.9. The highest BCUT2D eigenvalue weighted by Crippen LogP contribution is 2.20. The number of amides is 1. The largest absolute Gasteiger partial charge is 0.465 e. The molecule has 0 aliphatic carbocycles. The van der Waals surface area contributed by atoms with Gasteiger partial charge >= 0.3 is 12.1 Å². The molecule has 0 spiro atoms. The molecule has 0 fully saturated rings. The lowest BCUT2D eigenvalue weighted by Crippen LogP contribution is -2.26.